The average molecular weight is 534 g/mol. The molecule has 1 atom stereocenters. The summed E-state index contributed by atoms with van der Waals surface area (Å²) in [5.41, 5.74) is 12.2. The summed E-state index contributed by atoms with van der Waals surface area (Å²) in [4.78, 5) is 10.8. The number of benzene rings is 4. The summed E-state index contributed by atoms with van der Waals surface area (Å²) < 4.78 is 3.88. The minimum atomic E-state index is -0.186. The highest BCUT2D eigenvalue weighted by Crippen LogP contribution is 2.54. The van der Waals surface area contributed by atoms with Crippen molar-refractivity contribution in [2.24, 2.45) is 0 Å². The standard InChI is InChI=1S/C36H27N3S/c1-20-7-6-9-26-23-12-11-21(17-32(23)40-35(20)26)39-31-10-5-4-8-22(31)25-14-13-24-27-18-29-30(38-16-15-37-29)19-28(27)36(2,3)33(24)34(25)39/h4-6,8-20H,7H2,1-3H3. The molecule has 3 aromatic heterocycles. The van der Waals surface area contributed by atoms with Crippen LogP contribution in [0.15, 0.2) is 85.2 Å². The molecule has 4 aromatic carbocycles. The minimum absolute atomic E-state index is 0.186. The van der Waals surface area contributed by atoms with Crippen LogP contribution in [0.1, 0.15) is 54.7 Å². The van der Waals surface area contributed by atoms with E-state index >= 15 is 0 Å². The van der Waals surface area contributed by atoms with Crippen molar-refractivity contribution in [3.05, 3.63) is 107 Å². The van der Waals surface area contributed by atoms with E-state index < -0.39 is 0 Å². The van der Waals surface area contributed by atoms with Crippen molar-refractivity contribution in [2.75, 3.05) is 0 Å². The summed E-state index contributed by atoms with van der Waals surface area (Å²) in [5, 5.41) is 3.97. The van der Waals surface area contributed by atoms with Gasteiger partial charge in [-0.15, -0.1) is 11.3 Å². The van der Waals surface area contributed by atoms with Gasteiger partial charge < -0.3 is 4.57 Å². The number of para-hydroxylation sites is 1. The average Bonchev–Trinajstić information content (AvgIpc) is 3.58. The van der Waals surface area contributed by atoms with Crippen LogP contribution in [0.2, 0.25) is 0 Å². The van der Waals surface area contributed by atoms with Gasteiger partial charge in [-0.05, 0) is 70.5 Å². The second kappa shape index (κ2) is 7.67. The van der Waals surface area contributed by atoms with E-state index in [0.29, 0.717) is 5.92 Å². The van der Waals surface area contributed by atoms with Crippen LogP contribution in [0.4, 0.5) is 0 Å². The highest BCUT2D eigenvalue weighted by atomic mass is 32.1. The molecule has 0 spiro atoms. The largest absolute Gasteiger partial charge is 0.309 e. The van der Waals surface area contributed by atoms with Gasteiger partial charge in [0.15, 0.2) is 0 Å². The number of allylic oxidation sites excluding steroid dienone is 1. The molecule has 0 saturated carbocycles. The first-order chi connectivity index (χ1) is 19.5. The fourth-order valence-corrected chi connectivity index (χ4v) is 8.66. The zero-order chi connectivity index (χ0) is 26.7. The van der Waals surface area contributed by atoms with Crippen LogP contribution in [0.3, 0.4) is 0 Å². The van der Waals surface area contributed by atoms with Crippen LogP contribution in [-0.2, 0) is 5.41 Å². The molecule has 0 bridgehead atoms. The SMILES string of the molecule is CC1CC=Cc2c1sc1cc(-n3c4ccccc4c4ccc5c(c43)C(C)(C)c3cc4nccnc4cc3-5)ccc21. The number of aromatic nitrogens is 3. The highest BCUT2D eigenvalue weighted by Gasteiger charge is 2.39. The van der Waals surface area contributed by atoms with Gasteiger partial charge in [-0.1, -0.05) is 69.3 Å². The predicted molar refractivity (Wildman–Crippen MR) is 169 cm³/mol. The van der Waals surface area contributed by atoms with Crippen molar-refractivity contribution >= 4 is 60.3 Å². The molecule has 0 radical (unpaired) electrons. The maximum absolute atomic E-state index is 4.64. The number of fused-ring (bicyclic) bond motifs is 11. The van der Waals surface area contributed by atoms with Gasteiger partial charge in [-0.2, -0.15) is 0 Å². The van der Waals surface area contributed by atoms with Crippen LogP contribution in [0.5, 0.6) is 0 Å². The van der Waals surface area contributed by atoms with Gasteiger partial charge in [0.1, 0.15) is 0 Å². The second-order valence-corrected chi connectivity index (χ2v) is 13.0. The molecule has 9 rings (SSSR count). The number of nitrogens with zero attached hydrogens (tertiary/aromatic N) is 3. The van der Waals surface area contributed by atoms with Crippen molar-refractivity contribution in [3.8, 4) is 16.8 Å². The third kappa shape index (κ3) is 2.79. The monoisotopic (exact) mass is 533 g/mol. The summed E-state index contributed by atoms with van der Waals surface area (Å²) in [6.45, 7) is 7.08. The minimum Gasteiger partial charge on any atom is -0.309 e. The van der Waals surface area contributed by atoms with E-state index in [1.807, 2.05) is 11.3 Å². The molecular formula is C36H27N3S. The lowest BCUT2D eigenvalue weighted by molar-refractivity contribution is 0.664. The fourth-order valence-electron chi connectivity index (χ4n) is 7.37. The highest BCUT2D eigenvalue weighted by molar-refractivity contribution is 7.19. The Kier molecular flexibility index (Phi) is 4.32. The van der Waals surface area contributed by atoms with Crippen LogP contribution in [-0.4, -0.2) is 14.5 Å². The maximum atomic E-state index is 4.64. The van der Waals surface area contributed by atoms with E-state index in [2.05, 4.69) is 114 Å². The third-order valence-corrected chi connectivity index (χ3v) is 10.7. The number of hydrogen-bond acceptors (Lipinski definition) is 3. The molecule has 40 heavy (non-hydrogen) atoms. The molecule has 3 nitrogen and oxygen atoms in total. The lowest BCUT2D eigenvalue weighted by Gasteiger charge is -2.24. The first-order valence-electron chi connectivity index (χ1n) is 14.1. The summed E-state index contributed by atoms with van der Waals surface area (Å²) in [6, 6.07) is 25.1. The molecule has 0 N–H and O–H groups in total. The molecule has 0 aliphatic heterocycles. The molecule has 4 heteroatoms. The zero-order valence-electron chi connectivity index (χ0n) is 22.7. The van der Waals surface area contributed by atoms with Crippen LogP contribution in [0, 0.1) is 0 Å². The van der Waals surface area contributed by atoms with E-state index in [-0.39, 0.29) is 5.41 Å². The van der Waals surface area contributed by atoms with E-state index in [4.69, 9.17) is 0 Å². The molecule has 192 valence electrons. The van der Waals surface area contributed by atoms with Crippen molar-refractivity contribution in [2.45, 2.75) is 38.5 Å². The Morgan fingerprint density at radius 3 is 2.52 bits per heavy atom. The van der Waals surface area contributed by atoms with Gasteiger partial charge in [0, 0.05) is 49.2 Å². The molecule has 0 fully saturated rings. The summed E-state index contributed by atoms with van der Waals surface area (Å²) in [5.74, 6) is 0.580. The lowest BCUT2D eigenvalue weighted by atomic mass is 9.81. The Hall–Kier alpha value is -4.28. The summed E-state index contributed by atoms with van der Waals surface area (Å²) in [7, 11) is 0. The van der Waals surface area contributed by atoms with Gasteiger partial charge in [0.2, 0.25) is 0 Å². The van der Waals surface area contributed by atoms with Gasteiger partial charge in [0.25, 0.3) is 0 Å². The number of hydrogen-bond donors (Lipinski definition) is 0. The first-order valence-corrected chi connectivity index (χ1v) is 14.9. The summed E-state index contributed by atoms with van der Waals surface area (Å²) in [6.07, 6.45) is 9.36. The van der Waals surface area contributed by atoms with Crippen molar-refractivity contribution < 1.29 is 0 Å². The molecule has 7 aromatic rings. The molecule has 2 aliphatic rings. The first kappa shape index (κ1) is 22.5. The Bertz CT molecular complexity index is 2240. The Morgan fingerprint density at radius 2 is 1.65 bits per heavy atom. The van der Waals surface area contributed by atoms with E-state index in [0.717, 1.165) is 17.5 Å². The predicted octanol–water partition coefficient (Wildman–Crippen LogP) is 9.77. The van der Waals surface area contributed by atoms with Gasteiger partial charge >= 0.3 is 0 Å². The second-order valence-electron chi connectivity index (χ2n) is 11.9. The van der Waals surface area contributed by atoms with Crippen LogP contribution < -0.4 is 0 Å². The van der Waals surface area contributed by atoms with Gasteiger partial charge in [-0.3, -0.25) is 9.97 Å². The smallest absolute Gasteiger partial charge is 0.0893 e. The third-order valence-electron chi connectivity index (χ3n) is 9.25. The Morgan fingerprint density at radius 1 is 0.850 bits per heavy atom. The topological polar surface area (TPSA) is 30.7 Å². The number of thiophene rings is 1. The Balaban J connectivity index is 1.39. The van der Waals surface area contributed by atoms with E-state index in [1.165, 1.54) is 70.3 Å². The van der Waals surface area contributed by atoms with Gasteiger partial charge in [-0.25, -0.2) is 0 Å². The quantitative estimate of drug-likeness (QED) is 0.210. The fraction of sp³-hybridized carbons (Fsp3) is 0.167. The van der Waals surface area contributed by atoms with Crippen molar-refractivity contribution in [1.82, 2.24) is 14.5 Å². The zero-order valence-corrected chi connectivity index (χ0v) is 23.5. The normalized spacial score (nSPS) is 17.1. The van der Waals surface area contributed by atoms with Gasteiger partial charge in [0.05, 0.1) is 22.1 Å². The Labute approximate surface area is 236 Å². The van der Waals surface area contributed by atoms with Crippen LogP contribution >= 0.6 is 11.3 Å². The molecule has 2 aliphatic carbocycles. The molecular weight excluding hydrogens is 506 g/mol. The van der Waals surface area contributed by atoms with E-state index in [9.17, 15) is 0 Å². The van der Waals surface area contributed by atoms with Crippen molar-refractivity contribution in [1.29, 1.82) is 0 Å². The lowest BCUT2D eigenvalue weighted by Crippen LogP contribution is -2.16. The molecule has 0 amide bonds. The maximum Gasteiger partial charge on any atom is 0.0893 e. The summed E-state index contributed by atoms with van der Waals surface area (Å²) >= 11 is 1.97. The van der Waals surface area contributed by atoms with E-state index in [1.54, 1.807) is 12.4 Å². The molecule has 3 heterocycles. The number of rotatable bonds is 1. The van der Waals surface area contributed by atoms with Crippen molar-refractivity contribution in [3.63, 3.8) is 0 Å². The van der Waals surface area contributed by atoms with Crippen LogP contribution in [0.25, 0.3) is 65.8 Å². The molecule has 0 saturated heterocycles. The molecule has 1 unspecified atom stereocenters.